The van der Waals surface area contributed by atoms with Crippen molar-refractivity contribution in [3.05, 3.63) is 41.7 Å². The van der Waals surface area contributed by atoms with Crippen molar-refractivity contribution in [3.8, 4) is 0 Å². The topological polar surface area (TPSA) is 29.0 Å². The number of nitrogens with zero attached hydrogens (tertiary/aromatic N) is 3. The van der Waals surface area contributed by atoms with E-state index >= 15 is 0 Å². The number of hydrogen-bond donors (Lipinski definition) is 0. The molecule has 4 heteroatoms. The van der Waals surface area contributed by atoms with Crippen LogP contribution in [0.25, 0.3) is 0 Å². The minimum Gasteiger partial charge on any atom is -0.347 e. The van der Waals surface area contributed by atoms with Crippen LogP contribution in [0.15, 0.2) is 30.3 Å². The minimum atomic E-state index is 0.812. The van der Waals surface area contributed by atoms with Gasteiger partial charge in [0.25, 0.3) is 0 Å². The third-order valence-corrected chi connectivity index (χ3v) is 4.84. The Labute approximate surface area is 124 Å². The zero-order valence-corrected chi connectivity index (χ0v) is 12.8. The Morgan fingerprint density at radius 3 is 2.60 bits per heavy atom. The van der Waals surface area contributed by atoms with Gasteiger partial charge in [0.2, 0.25) is 5.13 Å². The molecule has 1 aromatic heterocycles. The molecule has 3 rings (SSSR count). The Morgan fingerprint density at radius 1 is 1.20 bits per heavy atom. The lowest BCUT2D eigenvalue weighted by atomic mass is 9.90. The van der Waals surface area contributed by atoms with E-state index in [0.29, 0.717) is 0 Å². The Bertz CT molecular complexity index is 530. The number of anilines is 1. The second-order valence-electron chi connectivity index (χ2n) is 5.47. The molecule has 2 heterocycles. The summed E-state index contributed by atoms with van der Waals surface area (Å²) in [6.07, 6.45) is 4.66. The number of hydrogen-bond acceptors (Lipinski definition) is 4. The molecule has 3 nitrogen and oxygen atoms in total. The van der Waals surface area contributed by atoms with E-state index in [1.54, 1.807) is 11.5 Å². The van der Waals surface area contributed by atoms with Crippen LogP contribution in [-0.2, 0) is 12.8 Å². The molecule has 0 radical (unpaired) electrons. The fourth-order valence-corrected chi connectivity index (χ4v) is 3.59. The molecular weight excluding hydrogens is 266 g/mol. The summed E-state index contributed by atoms with van der Waals surface area (Å²) >= 11 is 1.55. The molecule has 0 spiro atoms. The average Bonchev–Trinajstić information content (AvgIpc) is 2.98. The van der Waals surface area contributed by atoms with Crippen LogP contribution in [0.5, 0.6) is 0 Å². The first-order valence-electron chi connectivity index (χ1n) is 7.46. The Kier molecular flexibility index (Phi) is 4.31. The molecule has 0 bridgehead atoms. The first-order valence-corrected chi connectivity index (χ1v) is 8.24. The highest BCUT2D eigenvalue weighted by Crippen LogP contribution is 2.26. The highest BCUT2D eigenvalue weighted by atomic mass is 32.1. The minimum absolute atomic E-state index is 0.812. The predicted molar refractivity (Wildman–Crippen MR) is 84.4 cm³/mol. The van der Waals surface area contributed by atoms with E-state index in [4.69, 9.17) is 0 Å². The number of aromatic nitrogens is 2. The van der Waals surface area contributed by atoms with Crippen LogP contribution in [0.2, 0.25) is 0 Å². The van der Waals surface area contributed by atoms with Crippen molar-refractivity contribution in [2.75, 3.05) is 18.0 Å². The van der Waals surface area contributed by atoms with E-state index in [9.17, 15) is 0 Å². The molecular formula is C16H21N3S. The maximum Gasteiger partial charge on any atom is 0.205 e. The van der Waals surface area contributed by atoms with E-state index in [1.165, 1.54) is 24.8 Å². The van der Waals surface area contributed by atoms with Gasteiger partial charge in [-0.05, 0) is 30.7 Å². The van der Waals surface area contributed by atoms with Crippen molar-refractivity contribution >= 4 is 16.7 Å². The van der Waals surface area contributed by atoms with Gasteiger partial charge >= 0.3 is 0 Å². The Morgan fingerprint density at radius 2 is 1.95 bits per heavy atom. The van der Waals surface area contributed by atoms with E-state index < -0.39 is 0 Å². The second-order valence-corrected chi connectivity index (χ2v) is 6.20. The number of rotatable bonds is 4. The van der Waals surface area contributed by atoms with Gasteiger partial charge in [0.15, 0.2) is 0 Å². The average molecular weight is 287 g/mol. The summed E-state index contributed by atoms with van der Waals surface area (Å²) in [6, 6.07) is 10.8. The first kappa shape index (κ1) is 13.6. The van der Waals surface area contributed by atoms with Crippen molar-refractivity contribution in [3.63, 3.8) is 0 Å². The van der Waals surface area contributed by atoms with Gasteiger partial charge in [-0.25, -0.2) is 4.98 Å². The van der Waals surface area contributed by atoms with Crippen molar-refractivity contribution in [2.24, 2.45) is 5.92 Å². The highest BCUT2D eigenvalue weighted by Gasteiger charge is 2.21. The SMILES string of the molecule is CCc1nsc(N2CCC(Cc3ccccc3)CC2)n1. The highest BCUT2D eigenvalue weighted by molar-refractivity contribution is 7.09. The standard InChI is InChI=1S/C16H21N3S/c1-2-15-17-16(20-18-15)19-10-8-14(9-11-19)12-13-6-4-3-5-7-13/h3-7,14H,2,8-12H2,1H3. The van der Waals surface area contributed by atoms with Gasteiger partial charge in [0.1, 0.15) is 5.82 Å². The smallest absolute Gasteiger partial charge is 0.205 e. The molecule has 106 valence electrons. The van der Waals surface area contributed by atoms with Crippen LogP contribution < -0.4 is 4.90 Å². The van der Waals surface area contributed by atoms with Crippen LogP contribution in [0.3, 0.4) is 0 Å². The van der Waals surface area contributed by atoms with Crippen molar-refractivity contribution in [2.45, 2.75) is 32.6 Å². The molecule has 2 aromatic rings. The van der Waals surface area contributed by atoms with Crippen LogP contribution in [0, 0.1) is 5.92 Å². The van der Waals surface area contributed by atoms with Crippen LogP contribution >= 0.6 is 11.5 Å². The van der Waals surface area contributed by atoms with Gasteiger partial charge in [-0.2, -0.15) is 4.37 Å². The maximum atomic E-state index is 4.59. The molecule has 1 aliphatic heterocycles. The van der Waals surface area contributed by atoms with E-state index in [-0.39, 0.29) is 0 Å². The molecule has 0 aliphatic carbocycles. The zero-order valence-electron chi connectivity index (χ0n) is 12.0. The summed E-state index contributed by atoms with van der Waals surface area (Å²) in [7, 11) is 0. The monoisotopic (exact) mass is 287 g/mol. The molecule has 0 atom stereocenters. The predicted octanol–water partition coefficient (Wildman–Crippen LogP) is 3.56. The van der Waals surface area contributed by atoms with E-state index in [1.807, 2.05) is 0 Å². The Balaban J connectivity index is 1.54. The van der Waals surface area contributed by atoms with Crippen LogP contribution in [-0.4, -0.2) is 22.4 Å². The number of benzene rings is 1. The maximum absolute atomic E-state index is 4.59. The van der Waals surface area contributed by atoms with Crippen molar-refractivity contribution in [1.29, 1.82) is 0 Å². The second kappa shape index (κ2) is 6.35. The summed E-state index contributed by atoms with van der Waals surface area (Å²) < 4.78 is 4.39. The van der Waals surface area contributed by atoms with Crippen LogP contribution in [0.4, 0.5) is 5.13 Å². The molecule has 0 saturated carbocycles. The van der Waals surface area contributed by atoms with Gasteiger partial charge in [0, 0.05) is 31.0 Å². The summed E-state index contributed by atoms with van der Waals surface area (Å²) in [4.78, 5) is 7.00. The first-order chi connectivity index (χ1) is 9.85. The summed E-state index contributed by atoms with van der Waals surface area (Å²) in [5, 5.41) is 1.11. The molecule has 1 aromatic carbocycles. The van der Waals surface area contributed by atoms with Gasteiger partial charge < -0.3 is 4.90 Å². The lowest BCUT2D eigenvalue weighted by Crippen LogP contribution is -2.34. The van der Waals surface area contributed by atoms with Crippen LogP contribution in [0.1, 0.15) is 31.2 Å². The fraction of sp³-hybridized carbons (Fsp3) is 0.500. The molecule has 0 unspecified atom stereocenters. The summed E-state index contributed by atoms with van der Waals surface area (Å²) in [6.45, 7) is 4.35. The molecule has 0 amide bonds. The lowest BCUT2D eigenvalue weighted by molar-refractivity contribution is 0.403. The molecule has 1 aliphatic rings. The van der Waals surface area contributed by atoms with Gasteiger partial charge in [-0.1, -0.05) is 37.3 Å². The Hall–Kier alpha value is -1.42. The normalized spacial score (nSPS) is 16.6. The molecule has 1 fully saturated rings. The quantitative estimate of drug-likeness (QED) is 0.861. The van der Waals surface area contributed by atoms with Gasteiger partial charge in [0.05, 0.1) is 0 Å². The summed E-state index contributed by atoms with van der Waals surface area (Å²) in [5.74, 6) is 1.80. The lowest BCUT2D eigenvalue weighted by Gasteiger charge is -2.31. The van der Waals surface area contributed by atoms with Crippen molar-refractivity contribution < 1.29 is 0 Å². The third-order valence-electron chi connectivity index (χ3n) is 4.03. The van der Waals surface area contributed by atoms with E-state index in [0.717, 1.165) is 36.4 Å². The fourth-order valence-electron chi connectivity index (χ4n) is 2.79. The third kappa shape index (κ3) is 3.18. The van der Waals surface area contributed by atoms with Crippen molar-refractivity contribution in [1.82, 2.24) is 9.36 Å². The van der Waals surface area contributed by atoms with E-state index in [2.05, 4.69) is 51.5 Å². The number of aryl methyl sites for hydroxylation is 1. The number of piperidine rings is 1. The molecule has 20 heavy (non-hydrogen) atoms. The molecule has 0 N–H and O–H groups in total. The van der Waals surface area contributed by atoms with Gasteiger partial charge in [-0.15, -0.1) is 0 Å². The van der Waals surface area contributed by atoms with Gasteiger partial charge in [-0.3, -0.25) is 0 Å². The largest absolute Gasteiger partial charge is 0.347 e. The zero-order chi connectivity index (χ0) is 13.8. The summed E-state index contributed by atoms with van der Waals surface area (Å²) in [5.41, 5.74) is 1.47. The molecule has 1 saturated heterocycles.